The van der Waals surface area contributed by atoms with Gasteiger partial charge < -0.3 is 9.68 Å². The first-order valence-electron chi connectivity index (χ1n) is 8.77. The Hall–Kier alpha value is -5.00. The van der Waals surface area contributed by atoms with Crippen molar-refractivity contribution < 1.29 is 29.1 Å². The Morgan fingerprint density at radius 2 is 0.938 bits per heavy atom. The molecule has 0 heterocycles. The van der Waals surface area contributed by atoms with Crippen LogP contribution in [0.5, 0.6) is 0 Å². The third-order valence-corrected chi connectivity index (χ3v) is 3.95. The normalized spacial score (nSPS) is 12.1. The highest BCUT2D eigenvalue weighted by atomic mass is 16.7. The smallest absolute Gasteiger partial charge is 0.312 e. The topological polar surface area (TPSA) is 164 Å². The second kappa shape index (κ2) is 9.67. The summed E-state index contributed by atoms with van der Waals surface area (Å²) in [5, 5.41) is 28.6. The van der Waals surface area contributed by atoms with Crippen molar-refractivity contribution in [1.82, 2.24) is 0 Å². The van der Waals surface area contributed by atoms with Gasteiger partial charge in [0, 0.05) is 24.3 Å². The van der Waals surface area contributed by atoms with Gasteiger partial charge in [0.15, 0.2) is 0 Å². The highest BCUT2D eigenvalue weighted by Gasteiger charge is 2.13. The molecule has 12 heteroatoms. The van der Waals surface area contributed by atoms with Crippen molar-refractivity contribution in [2.45, 2.75) is 0 Å². The molecule has 0 fully saturated rings. The van der Waals surface area contributed by atoms with Gasteiger partial charge in [-0.1, -0.05) is 10.3 Å². The molecule has 160 valence electrons. The second-order valence-electron chi connectivity index (χ2n) is 6.06. The first kappa shape index (κ1) is 21.7. The van der Waals surface area contributed by atoms with Crippen LogP contribution in [0, 0.1) is 20.2 Å². The highest BCUT2D eigenvalue weighted by molar-refractivity contribution is 6.18. The summed E-state index contributed by atoms with van der Waals surface area (Å²) in [5.41, 5.74) is 0.384. The van der Waals surface area contributed by atoms with Gasteiger partial charge in [-0.2, -0.15) is 0 Å². The average Bonchev–Trinajstić information content (AvgIpc) is 2.81. The third-order valence-electron chi connectivity index (χ3n) is 3.95. The number of carbonyl (C=O) groups is 2. The molecule has 1 aliphatic rings. The summed E-state index contributed by atoms with van der Waals surface area (Å²) in [6, 6.07) is 9.68. The van der Waals surface area contributed by atoms with Gasteiger partial charge in [0.25, 0.3) is 11.4 Å². The monoisotopic (exact) mass is 436 g/mol. The number of benzene rings is 2. The standard InChI is InChI=1S/C20H12N4O8/c25-19(13-1-9-17(10-2-13)23(27)28)31-21-15-5-7-16(8-6-15)22-32-20(26)14-3-11-18(12-4-14)24(29)30/h1-12H. The zero-order chi connectivity index (χ0) is 23.1. The van der Waals surface area contributed by atoms with Crippen LogP contribution < -0.4 is 0 Å². The Bertz CT molecular complexity index is 1080. The van der Waals surface area contributed by atoms with E-state index in [0.29, 0.717) is 0 Å². The quantitative estimate of drug-likeness (QED) is 0.288. The zero-order valence-electron chi connectivity index (χ0n) is 16.0. The number of non-ortho nitro benzene ring substituents is 2. The van der Waals surface area contributed by atoms with Gasteiger partial charge in [-0.3, -0.25) is 20.2 Å². The van der Waals surface area contributed by atoms with E-state index in [0.717, 1.165) is 0 Å². The van der Waals surface area contributed by atoms with Crippen LogP contribution in [-0.4, -0.2) is 33.2 Å². The molecular formula is C20H12N4O8. The Morgan fingerprint density at radius 1 is 0.625 bits per heavy atom. The summed E-state index contributed by atoms with van der Waals surface area (Å²) in [6.07, 6.45) is 5.78. The van der Waals surface area contributed by atoms with Crippen LogP contribution in [0.1, 0.15) is 20.7 Å². The molecule has 3 rings (SSSR count). The lowest BCUT2D eigenvalue weighted by Crippen LogP contribution is -2.07. The predicted molar refractivity (Wildman–Crippen MR) is 110 cm³/mol. The van der Waals surface area contributed by atoms with Crippen molar-refractivity contribution in [2.24, 2.45) is 10.3 Å². The van der Waals surface area contributed by atoms with Crippen molar-refractivity contribution >= 4 is 34.7 Å². The molecule has 12 nitrogen and oxygen atoms in total. The molecule has 0 aromatic heterocycles. The Labute approximate surface area is 179 Å². The summed E-state index contributed by atoms with van der Waals surface area (Å²) in [6.45, 7) is 0. The summed E-state index contributed by atoms with van der Waals surface area (Å²) in [7, 11) is 0. The van der Waals surface area contributed by atoms with Crippen molar-refractivity contribution in [1.29, 1.82) is 0 Å². The van der Waals surface area contributed by atoms with E-state index in [2.05, 4.69) is 10.3 Å². The number of nitro benzene ring substituents is 2. The fourth-order valence-corrected chi connectivity index (χ4v) is 2.31. The van der Waals surface area contributed by atoms with Crippen molar-refractivity contribution in [3.8, 4) is 0 Å². The van der Waals surface area contributed by atoms with Gasteiger partial charge >= 0.3 is 11.9 Å². The Morgan fingerprint density at radius 3 is 1.22 bits per heavy atom. The molecule has 0 atom stereocenters. The van der Waals surface area contributed by atoms with Crippen LogP contribution in [0.15, 0.2) is 83.1 Å². The number of rotatable bonds is 6. The molecule has 0 bridgehead atoms. The minimum Gasteiger partial charge on any atom is -0.312 e. The highest BCUT2D eigenvalue weighted by Crippen LogP contribution is 2.14. The maximum atomic E-state index is 11.9. The minimum absolute atomic E-state index is 0.0872. The van der Waals surface area contributed by atoms with Crippen LogP contribution in [0.2, 0.25) is 0 Å². The summed E-state index contributed by atoms with van der Waals surface area (Å²) in [4.78, 5) is 53.5. The fourth-order valence-electron chi connectivity index (χ4n) is 2.31. The van der Waals surface area contributed by atoms with Crippen molar-refractivity contribution in [3.05, 3.63) is 104 Å². The largest absolute Gasteiger partial charge is 0.365 e. The number of allylic oxidation sites excluding steroid dienone is 4. The molecule has 0 spiro atoms. The zero-order valence-corrected chi connectivity index (χ0v) is 16.0. The molecule has 2 aromatic carbocycles. The van der Waals surface area contributed by atoms with Crippen LogP contribution >= 0.6 is 0 Å². The van der Waals surface area contributed by atoms with Crippen LogP contribution in [0.25, 0.3) is 0 Å². The lowest BCUT2D eigenvalue weighted by Gasteiger charge is -2.03. The molecule has 0 unspecified atom stereocenters. The van der Waals surface area contributed by atoms with Crippen molar-refractivity contribution in [2.75, 3.05) is 0 Å². The Balaban J connectivity index is 1.55. The van der Waals surface area contributed by atoms with E-state index in [-0.39, 0.29) is 33.9 Å². The second-order valence-corrected chi connectivity index (χ2v) is 6.06. The number of oxime groups is 2. The van der Waals surface area contributed by atoms with Crippen molar-refractivity contribution in [3.63, 3.8) is 0 Å². The maximum absolute atomic E-state index is 11.9. The average molecular weight is 436 g/mol. The van der Waals surface area contributed by atoms with E-state index in [1.807, 2.05) is 0 Å². The SMILES string of the molecule is O=C(ON=C1C=CC(=NOC(=O)c2ccc([N+](=O)[O-])cc2)C=C1)c1ccc([N+](=O)[O-])cc1. The van der Waals surface area contributed by atoms with Gasteiger partial charge in [0.1, 0.15) is 11.4 Å². The third kappa shape index (κ3) is 5.54. The molecule has 32 heavy (non-hydrogen) atoms. The van der Waals surface area contributed by atoms with E-state index in [4.69, 9.17) is 9.68 Å². The van der Waals surface area contributed by atoms with Gasteiger partial charge in [0.05, 0.1) is 21.0 Å². The number of nitro groups is 2. The maximum Gasteiger partial charge on any atom is 0.365 e. The van der Waals surface area contributed by atoms with E-state index >= 15 is 0 Å². The van der Waals surface area contributed by atoms with Gasteiger partial charge in [0.2, 0.25) is 0 Å². The van der Waals surface area contributed by atoms with Gasteiger partial charge in [-0.25, -0.2) is 9.59 Å². The number of hydrogen-bond acceptors (Lipinski definition) is 10. The summed E-state index contributed by atoms with van der Waals surface area (Å²) < 4.78 is 0. The van der Waals surface area contributed by atoms with Gasteiger partial charge in [-0.15, -0.1) is 0 Å². The molecule has 0 saturated heterocycles. The van der Waals surface area contributed by atoms with E-state index in [1.165, 1.54) is 72.8 Å². The molecule has 0 radical (unpaired) electrons. The molecule has 0 aliphatic heterocycles. The van der Waals surface area contributed by atoms with E-state index < -0.39 is 21.8 Å². The number of hydrogen-bond donors (Lipinski definition) is 0. The minimum atomic E-state index is -0.800. The molecule has 1 aliphatic carbocycles. The van der Waals surface area contributed by atoms with Crippen LogP contribution in [0.4, 0.5) is 11.4 Å². The van der Waals surface area contributed by atoms with Gasteiger partial charge in [-0.05, 0) is 48.6 Å². The number of nitrogens with zero attached hydrogens (tertiary/aromatic N) is 4. The predicted octanol–water partition coefficient (Wildman–Crippen LogP) is 3.35. The molecular weight excluding hydrogens is 424 g/mol. The van der Waals surface area contributed by atoms with E-state index in [1.54, 1.807) is 0 Å². The number of carbonyl (C=O) groups excluding carboxylic acids is 2. The van der Waals surface area contributed by atoms with Crippen LogP contribution in [0.3, 0.4) is 0 Å². The first-order valence-corrected chi connectivity index (χ1v) is 8.77. The lowest BCUT2D eigenvalue weighted by atomic mass is 10.1. The summed E-state index contributed by atoms with van der Waals surface area (Å²) >= 11 is 0. The first-order chi connectivity index (χ1) is 15.3. The molecule has 0 amide bonds. The molecule has 0 N–H and O–H groups in total. The summed E-state index contributed by atoms with van der Waals surface area (Å²) in [5.74, 6) is -1.60. The van der Waals surface area contributed by atoms with E-state index in [9.17, 15) is 29.8 Å². The Kier molecular flexibility index (Phi) is 6.56. The fraction of sp³-hybridized carbons (Fsp3) is 0. The lowest BCUT2D eigenvalue weighted by molar-refractivity contribution is -0.385. The molecule has 2 aromatic rings. The van der Waals surface area contributed by atoms with Crippen LogP contribution in [-0.2, 0) is 9.68 Å². The molecule has 0 saturated carbocycles.